The number of halogens is 1. The Morgan fingerprint density at radius 2 is 2.14 bits per heavy atom. The highest BCUT2D eigenvalue weighted by Crippen LogP contribution is 2.29. The van der Waals surface area contributed by atoms with Gasteiger partial charge in [0.1, 0.15) is 5.76 Å². The van der Waals surface area contributed by atoms with E-state index in [2.05, 4.69) is 10.6 Å². The van der Waals surface area contributed by atoms with E-state index in [-0.39, 0.29) is 11.9 Å². The Labute approximate surface area is 128 Å². The van der Waals surface area contributed by atoms with Crippen molar-refractivity contribution in [3.8, 4) is 11.3 Å². The molecule has 0 aliphatic carbocycles. The van der Waals surface area contributed by atoms with Crippen LogP contribution in [0.25, 0.3) is 11.3 Å². The van der Waals surface area contributed by atoms with Crippen LogP contribution in [-0.4, -0.2) is 25.0 Å². The van der Waals surface area contributed by atoms with Crippen LogP contribution >= 0.6 is 11.6 Å². The van der Waals surface area contributed by atoms with Crippen LogP contribution in [-0.2, 0) is 0 Å². The predicted molar refractivity (Wildman–Crippen MR) is 82.5 cm³/mol. The zero-order valence-corrected chi connectivity index (χ0v) is 12.3. The molecule has 1 fully saturated rings. The molecule has 3 rings (SSSR count). The summed E-state index contributed by atoms with van der Waals surface area (Å²) in [6.45, 7) is 1.83. The molecule has 1 aromatic heterocycles. The second-order valence-electron chi connectivity index (χ2n) is 5.16. The number of carbonyl (C=O) groups excluding carboxylic acids is 1. The summed E-state index contributed by atoms with van der Waals surface area (Å²) in [4.78, 5) is 12.2. The molecule has 110 valence electrons. The highest BCUT2D eigenvalue weighted by atomic mass is 35.5. The molecule has 0 saturated carbocycles. The number of hydrogen-bond acceptors (Lipinski definition) is 3. The number of rotatable bonds is 3. The Kier molecular flexibility index (Phi) is 4.27. The van der Waals surface area contributed by atoms with Crippen LogP contribution in [0.5, 0.6) is 0 Å². The molecule has 0 bridgehead atoms. The van der Waals surface area contributed by atoms with Crippen LogP contribution in [0.3, 0.4) is 0 Å². The van der Waals surface area contributed by atoms with Gasteiger partial charge in [-0.25, -0.2) is 0 Å². The van der Waals surface area contributed by atoms with Gasteiger partial charge in [0.05, 0.1) is 5.02 Å². The van der Waals surface area contributed by atoms with Gasteiger partial charge in [0.2, 0.25) is 0 Å². The van der Waals surface area contributed by atoms with Crippen LogP contribution in [0.1, 0.15) is 23.4 Å². The smallest absolute Gasteiger partial charge is 0.287 e. The number of furan rings is 1. The third-order valence-corrected chi connectivity index (χ3v) is 3.93. The van der Waals surface area contributed by atoms with E-state index in [1.807, 2.05) is 18.2 Å². The summed E-state index contributed by atoms with van der Waals surface area (Å²) in [6, 6.07) is 11.0. The maximum Gasteiger partial charge on any atom is 0.287 e. The van der Waals surface area contributed by atoms with Crippen molar-refractivity contribution >= 4 is 17.5 Å². The monoisotopic (exact) mass is 304 g/mol. The second kappa shape index (κ2) is 6.33. The van der Waals surface area contributed by atoms with Crippen molar-refractivity contribution in [2.24, 2.45) is 0 Å². The number of piperidine rings is 1. The Hall–Kier alpha value is -1.78. The van der Waals surface area contributed by atoms with Crippen molar-refractivity contribution in [2.45, 2.75) is 18.9 Å². The average molecular weight is 305 g/mol. The fourth-order valence-corrected chi connectivity index (χ4v) is 2.73. The van der Waals surface area contributed by atoms with Gasteiger partial charge in [0.15, 0.2) is 5.76 Å². The molecule has 0 unspecified atom stereocenters. The predicted octanol–water partition coefficient (Wildman–Crippen LogP) is 3.08. The molecule has 2 heterocycles. The highest BCUT2D eigenvalue weighted by molar-refractivity contribution is 6.33. The topological polar surface area (TPSA) is 54.3 Å². The van der Waals surface area contributed by atoms with E-state index >= 15 is 0 Å². The van der Waals surface area contributed by atoms with Gasteiger partial charge in [-0.2, -0.15) is 0 Å². The van der Waals surface area contributed by atoms with Crippen LogP contribution in [0.2, 0.25) is 5.02 Å². The highest BCUT2D eigenvalue weighted by Gasteiger charge is 2.19. The number of carbonyl (C=O) groups is 1. The van der Waals surface area contributed by atoms with E-state index in [1.165, 1.54) is 0 Å². The molecule has 1 aliphatic heterocycles. The maximum absolute atomic E-state index is 12.2. The van der Waals surface area contributed by atoms with Crippen LogP contribution in [0, 0.1) is 0 Å². The van der Waals surface area contributed by atoms with E-state index in [0.29, 0.717) is 16.5 Å². The van der Waals surface area contributed by atoms with Crippen LogP contribution < -0.4 is 10.6 Å². The van der Waals surface area contributed by atoms with Gasteiger partial charge < -0.3 is 15.1 Å². The number of benzene rings is 1. The van der Waals surface area contributed by atoms with Gasteiger partial charge in [-0.05, 0) is 43.7 Å². The lowest BCUT2D eigenvalue weighted by Crippen LogP contribution is -2.45. The Balaban J connectivity index is 1.72. The third-order valence-electron chi connectivity index (χ3n) is 3.60. The number of hydrogen-bond donors (Lipinski definition) is 2. The first-order valence-electron chi connectivity index (χ1n) is 7.10. The van der Waals surface area contributed by atoms with Crippen LogP contribution in [0.4, 0.5) is 0 Å². The van der Waals surface area contributed by atoms with E-state index < -0.39 is 0 Å². The molecule has 0 spiro atoms. The second-order valence-corrected chi connectivity index (χ2v) is 5.57. The largest absolute Gasteiger partial charge is 0.451 e. The summed E-state index contributed by atoms with van der Waals surface area (Å²) in [6.07, 6.45) is 2.07. The fraction of sp³-hybridized carbons (Fsp3) is 0.312. The van der Waals surface area contributed by atoms with Gasteiger partial charge in [0.25, 0.3) is 5.91 Å². The Bertz CT molecular complexity index is 633. The van der Waals surface area contributed by atoms with Gasteiger partial charge >= 0.3 is 0 Å². The molecule has 1 aliphatic rings. The molecule has 2 aromatic rings. The van der Waals surface area contributed by atoms with E-state index in [4.69, 9.17) is 16.0 Å². The average Bonchev–Trinajstić information content (AvgIpc) is 2.98. The lowest BCUT2D eigenvalue weighted by molar-refractivity contribution is 0.0903. The zero-order valence-electron chi connectivity index (χ0n) is 11.6. The Morgan fingerprint density at radius 3 is 2.90 bits per heavy atom. The lowest BCUT2D eigenvalue weighted by Gasteiger charge is -2.23. The Morgan fingerprint density at radius 1 is 1.29 bits per heavy atom. The first-order chi connectivity index (χ1) is 10.2. The normalized spacial score (nSPS) is 18.4. The van der Waals surface area contributed by atoms with Crippen molar-refractivity contribution in [3.05, 3.63) is 47.2 Å². The van der Waals surface area contributed by atoms with Crippen molar-refractivity contribution in [1.82, 2.24) is 10.6 Å². The lowest BCUT2D eigenvalue weighted by atomic mass is 10.1. The van der Waals surface area contributed by atoms with Crippen LogP contribution in [0.15, 0.2) is 40.8 Å². The van der Waals surface area contributed by atoms with Crippen molar-refractivity contribution in [1.29, 1.82) is 0 Å². The van der Waals surface area contributed by atoms with Gasteiger partial charge in [-0.1, -0.05) is 23.7 Å². The molecule has 1 aromatic carbocycles. The zero-order chi connectivity index (χ0) is 14.7. The summed E-state index contributed by atoms with van der Waals surface area (Å²) in [5.74, 6) is 0.741. The van der Waals surface area contributed by atoms with E-state index in [0.717, 1.165) is 31.5 Å². The number of nitrogens with one attached hydrogen (secondary N) is 2. The summed E-state index contributed by atoms with van der Waals surface area (Å²) in [7, 11) is 0. The van der Waals surface area contributed by atoms with Gasteiger partial charge in [-0.3, -0.25) is 4.79 Å². The molecule has 4 nitrogen and oxygen atoms in total. The first-order valence-corrected chi connectivity index (χ1v) is 7.48. The molecule has 1 atom stereocenters. The summed E-state index contributed by atoms with van der Waals surface area (Å²) < 4.78 is 5.64. The molecule has 5 heteroatoms. The minimum absolute atomic E-state index is 0.167. The molecular formula is C16H17ClN2O2. The minimum atomic E-state index is -0.179. The third kappa shape index (κ3) is 3.28. The molecule has 0 radical (unpaired) electrons. The van der Waals surface area contributed by atoms with Crippen molar-refractivity contribution < 1.29 is 9.21 Å². The molecule has 1 amide bonds. The number of amides is 1. The van der Waals surface area contributed by atoms with Crippen molar-refractivity contribution in [3.63, 3.8) is 0 Å². The van der Waals surface area contributed by atoms with Gasteiger partial charge in [-0.15, -0.1) is 0 Å². The van der Waals surface area contributed by atoms with Gasteiger partial charge in [0, 0.05) is 18.2 Å². The standard InChI is InChI=1S/C16H17ClN2O2/c17-13-6-2-1-5-12(13)14-7-8-15(21-14)16(20)19-11-4-3-9-18-10-11/h1-2,5-8,11,18H,3-4,9-10H2,(H,19,20)/t11-/m0/s1. The van der Waals surface area contributed by atoms with Crippen molar-refractivity contribution in [2.75, 3.05) is 13.1 Å². The summed E-state index contributed by atoms with van der Waals surface area (Å²) >= 11 is 6.13. The fourth-order valence-electron chi connectivity index (χ4n) is 2.50. The molecule has 2 N–H and O–H groups in total. The molecule has 21 heavy (non-hydrogen) atoms. The maximum atomic E-state index is 12.2. The molecule has 1 saturated heterocycles. The first kappa shape index (κ1) is 14.2. The quantitative estimate of drug-likeness (QED) is 0.916. The van der Waals surface area contributed by atoms with E-state index in [1.54, 1.807) is 18.2 Å². The molecular weight excluding hydrogens is 288 g/mol. The summed E-state index contributed by atoms with van der Waals surface area (Å²) in [5, 5.41) is 6.86. The minimum Gasteiger partial charge on any atom is -0.451 e. The SMILES string of the molecule is O=C(N[C@H]1CCCNC1)c1ccc(-c2ccccc2Cl)o1. The summed E-state index contributed by atoms with van der Waals surface area (Å²) in [5.41, 5.74) is 0.789. The van der Waals surface area contributed by atoms with E-state index in [9.17, 15) is 4.79 Å².